The van der Waals surface area contributed by atoms with Crippen molar-refractivity contribution in [3.63, 3.8) is 0 Å². The molecule has 0 bridgehead atoms. The molecule has 1 atom stereocenters. The second kappa shape index (κ2) is 13.8. The Labute approximate surface area is 243 Å². The van der Waals surface area contributed by atoms with Gasteiger partial charge >= 0.3 is 0 Å². The van der Waals surface area contributed by atoms with Crippen molar-refractivity contribution in [3.05, 3.63) is 87.9 Å². The molecule has 0 unspecified atom stereocenters. The summed E-state index contributed by atoms with van der Waals surface area (Å²) in [7, 11) is -4.15. The van der Waals surface area contributed by atoms with Crippen LogP contribution in [0.25, 0.3) is 0 Å². The van der Waals surface area contributed by atoms with E-state index in [1.54, 1.807) is 74.5 Å². The van der Waals surface area contributed by atoms with Gasteiger partial charge in [-0.15, -0.1) is 0 Å². The number of amides is 2. The molecule has 0 radical (unpaired) electrons. The maximum absolute atomic E-state index is 13.8. The van der Waals surface area contributed by atoms with Gasteiger partial charge in [-0.1, -0.05) is 39.7 Å². The number of ether oxygens (including phenoxy) is 1. The van der Waals surface area contributed by atoms with Gasteiger partial charge in [0.2, 0.25) is 11.8 Å². The molecule has 0 aliphatic heterocycles. The van der Waals surface area contributed by atoms with Gasteiger partial charge in [0.05, 0.1) is 17.2 Å². The average Bonchev–Trinajstić information content (AvgIpc) is 2.92. The zero-order valence-electron chi connectivity index (χ0n) is 21.9. The van der Waals surface area contributed by atoms with E-state index in [4.69, 9.17) is 16.3 Å². The monoisotopic (exact) mass is 635 g/mol. The second-order valence-electron chi connectivity index (χ2n) is 8.61. The number of likely N-dealkylation sites (N-methyl/N-ethyl adjacent to an activating group) is 1. The fraction of sp³-hybridized carbons (Fsp3) is 0.286. The van der Waals surface area contributed by atoms with E-state index >= 15 is 0 Å². The van der Waals surface area contributed by atoms with Crippen molar-refractivity contribution < 1.29 is 22.7 Å². The quantitative estimate of drug-likeness (QED) is 0.293. The van der Waals surface area contributed by atoms with Crippen LogP contribution < -0.4 is 14.4 Å². The first kappa shape index (κ1) is 30.5. The Balaban J connectivity index is 2.02. The summed E-state index contributed by atoms with van der Waals surface area (Å²) in [5, 5.41) is 3.27. The first-order chi connectivity index (χ1) is 18.6. The molecule has 8 nitrogen and oxygen atoms in total. The largest absolute Gasteiger partial charge is 0.494 e. The van der Waals surface area contributed by atoms with E-state index in [0.29, 0.717) is 23.9 Å². The molecule has 3 aromatic rings. The molecule has 0 heterocycles. The predicted octanol–water partition coefficient (Wildman–Crippen LogP) is 5.25. The minimum atomic E-state index is -4.15. The lowest BCUT2D eigenvalue weighted by molar-refractivity contribution is -0.139. The molecule has 1 N–H and O–H groups in total. The first-order valence-electron chi connectivity index (χ1n) is 12.4. The Morgan fingerprint density at radius 2 is 1.59 bits per heavy atom. The van der Waals surface area contributed by atoms with Crippen LogP contribution in [0.3, 0.4) is 0 Å². The van der Waals surface area contributed by atoms with Gasteiger partial charge in [-0.3, -0.25) is 13.9 Å². The SMILES string of the molecule is CCNC(=O)[C@H](C)N(Cc1ccc(Cl)cc1)C(=O)CN(c1ccc(OCC)cc1)S(=O)(=O)c1ccc(Br)cc1. The van der Waals surface area contributed by atoms with E-state index in [1.807, 2.05) is 6.92 Å². The van der Waals surface area contributed by atoms with Crippen LogP contribution >= 0.6 is 27.5 Å². The van der Waals surface area contributed by atoms with Gasteiger partial charge in [-0.05, 0) is 87.0 Å². The number of hydrogen-bond donors (Lipinski definition) is 1. The zero-order chi connectivity index (χ0) is 28.6. The summed E-state index contributed by atoms with van der Waals surface area (Å²) in [6.07, 6.45) is 0. The molecule has 0 saturated heterocycles. The van der Waals surface area contributed by atoms with Gasteiger partial charge in [0.15, 0.2) is 0 Å². The van der Waals surface area contributed by atoms with Gasteiger partial charge in [0.25, 0.3) is 10.0 Å². The highest BCUT2D eigenvalue weighted by atomic mass is 79.9. The number of anilines is 1. The van der Waals surface area contributed by atoms with Gasteiger partial charge in [0, 0.05) is 22.6 Å². The first-order valence-corrected chi connectivity index (χ1v) is 15.0. The number of sulfonamides is 1. The fourth-order valence-corrected chi connectivity index (χ4v) is 5.63. The highest BCUT2D eigenvalue weighted by Gasteiger charge is 2.32. The lowest BCUT2D eigenvalue weighted by atomic mass is 10.1. The Kier molecular flexibility index (Phi) is 10.8. The molecule has 3 aromatic carbocycles. The van der Waals surface area contributed by atoms with Crippen LogP contribution in [-0.4, -0.2) is 50.9 Å². The van der Waals surface area contributed by atoms with Crippen LogP contribution in [-0.2, 0) is 26.2 Å². The number of halogens is 2. The second-order valence-corrected chi connectivity index (χ2v) is 11.8. The summed E-state index contributed by atoms with van der Waals surface area (Å²) in [6, 6.07) is 18.7. The van der Waals surface area contributed by atoms with E-state index in [1.165, 1.54) is 17.0 Å². The highest BCUT2D eigenvalue weighted by molar-refractivity contribution is 9.10. The molecule has 208 valence electrons. The van der Waals surface area contributed by atoms with Gasteiger partial charge in [0.1, 0.15) is 18.3 Å². The average molecular weight is 637 g/mol. The fourth-order valence-electron chi connectivity index (χ4n) is 3.83. The van der Waals surface area contributed by atoms with Crippen molar-refractivity contribution in [1.29, 1.82) is 0 Å². The molecule has 2 amide bonds. The van der Waals surface area contributed by atoms with Crippen molar-refractivity contribution in [2.45, 2.75) is 38.3 Å². The van der Waals surface area contributed by atoms with Gasteiger partial charge < -0.3 is 15.0 Å². The van der Waals surface area contributed by atoms with Crippen molar-refractivity contribution in [2.24, 2.45) is 0 Å². The molecule has 39 heavy (non-hydrogen) atoms. The Morgan fingerprint density at radius 1 is 0.974 bits per heavy atom. The summed E-state index contributed by atoms with van der Waals surface area (Å²) in [5.41, 5.74) is 1.03. The normalized spacial score (nSPS) is 11.9. The van der Waals surface area contributed by atoms with Crippen LogP contribution in [0.15, 0.2) is 82.2 Å². The molecule has 11 heteroatoms. The molecular formula is C28H31BrClN3O5S. The molecule has 0 saturated carbocycles. The van der Waals surface area contributed by atoms with Crippen LogP contribution in [0.4, 0.5) is 5.69 Å². The van der Waals surface area contributed by atoms with E-state index in [9.17, 15) is 18.0 Å². The van der Waals surface area contributed by atoms with Crippen molar-refractivity contribution >= 4 is 55.1 Å². The standard InChI is InChI=1S/C28H31BrClN3O5S/c1-4-31-28(35)20(3)32(18-21-6-10-23(30)11-7-21)27(34)19-33(24-12-14-25(15-13-24)38-5-2)39(36,37)26-16-8-22(29)9-17-26/h6-17,20H,4-5,18-19H2,1-3H3,(H,31,35)/t20-/m0/s1. The number of hydrogen-bond acceptors (Lipinski definition) is 5. The number of carbonyl (C=O) groups is 2. The molecule has 0 fully saturated rings. The maximum Gasteiger partial charge on any atom is 0.264 e. The number of rotatable bonds is 12. The van der Waals surface area contributed by atoms with Crippen molar-refractivity contribution in [2.75, 3.05) is 24.0 Å². The lowest BCUT2D eigenvalue weighted by Gasteiger charge is -2.32. The van der Waals surface area contributed by atoms with Crippen molar-refractivity contribution in [1.82, 2.24) is 10.2 Å². The van der Waals surface area contributed by atoms with Crippen LogP contribution in [0.5, 0.6) is 5.75 Å². The van der Waals surface area contributed by atoms with Crippen molar-refractivity contribution in [3.8, 4) is 5.75 Å². The third-order valence-corrected chi connectivity index (χ3v) is 8.47. The highest BCUT2D eigenvalue weighted by Crippen LogP contribution is 2.27. The Morgan fingerprint density at radius 3 is 2.15 bits per heavy atom. The van der Waals surface area contributed by atoms with Crippen LogP contribution in [0.1, 0.15) is 26.3 Å². The topological polar surface area (TPSA) is 96.0 Å². The minimum absolute atomic E-state index is 0.0217. The molecule has 0 aromatic heterocycles. The summed E-state index contributed by atoms with van der Waals surface area (Å²) >= 11 is 9.35. The number of benzene rings is 3. The minimum Gasteiger partial charge on any atom is -0.494 e. The molecule has 0 spiro atoms. The molecule has 0 aliphatic carbocycles. The molecular weight excluding hydrogens is 606 g/mol. The van der Waals surface area contributed by atoms with Crippen LogP contribution in [0.2, 0.25) is 5.02 Å². The number of carbonyl (C=O) groups excluding carboxylic acids is 2. The van der Waals surface area contributed by atoms with Crippen LogP contribution in [0, 0.1) is 0 Å². The van der Waals surface area contributed by atoms with Gasteiger partial charge in [-0.2, -0.15) is 0 Å². The summed E-state index contributed by atoms with van der Waals surface area (Å²) in [5.74, 6) is -0.315. The Bertz CT molecular complexity index is 1370. The predicted molar refractivity (Wildman–Crippen MR) is 156 cm³/mol. The lowest BCUT2D eigenvalue weighted by Crippen LogP contribution is -2.51. The Hall–Kier alpha value is -3.08. The summed E-state index contributed by atoms with van der Waals surface area (Å²) in [6.45, 7) is 5.66. The number of nitrogens with one attached hydrogen (secondary N) is 1. The third kappa shape index (κ3) is 7.97. The van der Waals surface area contributed by atoms with E-state index in [0.717, 1.165) is 14.3 Å². The van der Waals surface area contributed by atoms with Gasteiger partial charge in [-0.25, -0.2) is 8.42 Å². The van der Waals surface area contributed by atoms with E-state index in [-0.39, 0.29) is 23.0 Å². The van der Waals surface area contributed by atoms with E-state index < -0.39 is 28.5 Å². The number of nitrogens with zero attached hydrogens (tertiary/aromatic N) is 2. The molecule has 0 aliphatic rings. The molecule has 3 rings (SSSR count). The summed E-state index contributed by atoms with van der Waals surface area (Å²) < 4.78 is 34.9. The summed E-state index contributed by atoms with van der Waals surface area (Å²) in [4.78, 5) is 28.0. The zero-order valence-corrected chi connectivity index (χ0v) is 25.1. The third-order valence-electron chi connectivity index (χ3n) is 5.90. The van der Waals surface area contributed by atoms with E-state index in [2.05, 4.69) is 21.2 Å². The maximum atomic E-state index is 13.8. The smallest absolute Gasteiger partial charge is 0.264 e.